The fourth-order valence-electron chi connectivity index (χ4n) is 4.98. The molecule has 0 bridgehead atoms. The first kappa shape index (κ1) is 29.3. The maximum Gasteiger partial charge on any atom is 0.282 e. The second-order valence-corrected chi connectivity index (χ2v) is 9.92. The molecule has 0 fully saturated rings. The van der Waals surface area contributed by atoms with E-state index in [4.69, 9.17) is 11.5 Å². The molecule has 9 nitrogen and oxygen atoms in total. The lowest BCUT2D eigenvalue weighted by molar-refractivity contribution is -0.161. The van der Waals surface area contributed by atoms with E-state index in [2.05, 4.69) is 10.3 Å². The van der Waals surface area contributed by atoms with Gasteiger partial charge in [0.1, 0.15) is 11.5 Å². The molecule has 0 aliphatic carbocycles. The van der Waals surface area contributed by atoms with Crippen LogP contribution in [0.1, 0.15) is 29.4 Å². The van der Waals surface area contributed by atoms with Gasteiger partial charge in [0.05, 0.1) is 5.52 Å². The number of aromatic nitrogens is 1. The van der Waals surface area contributed by atoms with Gasteiger partial charge in [-0.2, -0.15) is 0 Å². The molecule has 4 aromatic rings. The zero-order valence-electron chi connectivity index (χ0n) is 22.8. The molecule has 0 saturated heterocycles. The first-order valence-electron chi connectivity index (χ1n) is 13.1. The molecular formula is C31H32FN5O4. The van der Waals surface area contributed by atoms with Crippen LogP contribution in [0.2, 0.25) is 0 Å². The lowest BCUT2D eigenvalue weighted by Crippen LogP contribution is -2.81. The third kappa shape index (κ3) is 5.65. The Bertz CT molecular complexity index is 1570. The fraction of sp³-hybridized carbons (Fsp3) is 0.226. The average molecular weight is 558 g/mol. The van der Waals surface area contributed by atoms with Crippen LogP contribution in [0.3, 0.4) is 0 Å². The number of aliphatic hydroxyl groups is 1. The number of fused-ring (bicyclic) bond motifs is 1. The van der Waals surface area contributed by atoms with Crippen molar-refractivity contribution in [3.05, 3.63) is 108 Å². The van der Waals surface area contributed by atoms with E-state index in [9.17, 15) is 23.9 Å². The molecule has 0 aliphatic rings. The number of carbonyl (C=O) groups is 3. The van der Waals surface area contributed by atoms with Crippen molar-refractivity contribution in [1.82, 2.24) is 10.3 Å². The van der Waals surface area contributed by atoms with Gasteiger partial charge >= 0.3 is 0 Å². The highest BCUT2D eigenvalue weighted by Crippen LogP contribution is 2.34. The normalized spacial score (nSPS) is 14.9. The molecule has 3 atom stereocenters. The number of primary amides is 1. The summed E-state index contributed by atoms with van der Waals surface area (Å²) in [7, 11) is 1.31. The summed E-state index contributed by atoms with van der Waals surface area (Å²) in [6, 6.07) is 24.1. The Morgan fingerprint density at radius 1 is 0.976 bits per heavy atom. The molecule has 41 heavy (non-hydrogen) atoms. The number of anilines is 1. The van der Waals surface area contributed by atoms with Crippen LogP contribution in [-0.4, -0.2) is 46.1 Å². The third-order valence-corrected chi connectivity index (χ3v) is 7.42. The topological polar surface area (TPSA) is 152 Å². The van der Waals surface area contributed by atoms with Crippen LogP contribution in [0.15, 0.2) is 91.0 Å². The highest BCUT2D eigenvalue weighted by Gasteiger charge is 2.63. The van der Waals surface area contributed by atoms with Crippen molar-refractivity contribution in [3.8, 4) is 0 Å². The number of amides is 3. The van der Waals surface area contributed by atoms with E-state index >= 15 is 0 Å². The summed E-state index contributed by atoms with van der Waals surface area (Å²) in [6.07, 6.45) is 0.380. The SMILES string of the molecule is CCC(Cc1ccccc1)C(N)(C(N)=O)C(O)(NC(=O)c1ccc2ccccc2n1)C(=O)N(C)c1ccc(F)cc1. The van der Waals surface area contributed by atoms with Gasteiger partial charge in [-0.3, -0.25) is 14.4 Å². The number of hydrogen-bond acceptors (Lipinski definition) is 6. The first-order chi connectivity index (χ1) is 19.5. The van der Waals surface area contributed by atoms with Gasteiger partial charge in [0.2, 0.25) is 11.6 Å². The lowest BCUT2D eigenvalue weighted by Gasteiger charge is -2.46. The zero-order valence-corrected chi connectivity index (χ0v) is 22.8. The largest absolute Gasteiger partial charge is 0.368 e. The average Bonchev–Trinajstić information content (AvgIpc) is 2.99. The Labute approximate surface area is 237 Å². The smallest absolute Gasteiger partial charge is 0.282 e. The van der Waals surface area contributed by atoms with Crippen molar-refractivity contribution in [2.24, 2.45) is 17.4 Å². The third-order valence-electron chi connectivity index (χ3n) is 7.42. The number of nitrogens with one attached hydrogen (secondary N) is 1. The monoisotopic (exact) mass is 557 g/mol. The van der Waals surface area contributed by atoms with E-state index in [1.54, 1.807) is 37.3 Å². The fourth-order valence-corrected chi connectivity index (χ4v) is 4.98. The van der Waals surface area contributed by atoms with Gasteiger partial charge in [-0.1, -0.05) is 67.9 Å². The van der Waals surface area contributed by atoms with Crippen molar-refractivity contribution in [3.63, 3.8) is 0 Å². The number of halogens is 1. The summed E-state index contributed by atoms with van der Waals surface area (Å²) < 4.78 is 13.6. The quantitative estimate of drug-likeness (QED) is 0.220. The first-order valence-corrected chi connectivity index (χ1v) is 13.1. The molecule has 0 radical (unpaired) electrons. The van der Waals surface area contributed by atoms with Gasteiger partial charge in [-0.25, -0.2) is 9.37 Å². The summed E-state index contributed by atoms with van der Waals surface area (Å²) in [5.41, 5.74) is 8.38. The Balaban J connectivity index is 1.83. The zero-order chi connectivity index (χ0) is 29.8. The van der Waals surface area contributed by atoms with Crippen molar-refractivity contribution in [1.29, 1.82) is 0 Å². The number of likely N-dealkylation sites (N-methyl/N-ethyl adjacent to an activating group) is 1. The molecule has 1 heterocycles. The standard InChI is InChI=1S/C31H32FN5O4/c1-3-22(19-20-9-5-4-6-10-20)30(34,28(33)39)31(41,29(40)37(2)24-16-14-23(32)15-17-24)36-27(38)26-18-13-21-11-7-8-12-25(21)35-26/h4-18,22,41H,3,19,34H2,1-2H3,(H2,33,39)(H,36,38). The van der Waals surface area contributed by atoms with Crippen LogP contribution >= 0.6 is 0 Å². The van der Waals surface area contributed by atoms with Crippen LogP contribution in [-0.2, 0) is 16.0 Å². The van der Waals surface area contributed by atoms with Crippen molar-refractivity contribution in [2.45, 2.75) is 31.0 Å². The van der Waals surface area contributed by atoms with Crippen LogP contribution in [0.5, 0.6) is 0 Å². The van der Waals surface area contributed by atoms with E-state index < -0.39 is 40.7 Å². The van der Waals surface area contributed by atoms with Crippen molar-refractivity contribution in [2.75, 3.05) is 11.9 Å². The summed E-state index contributed by atoms with van der Waals surface area (Å²) >= 11 is 0. The summed E-state index contributed by atoms with van der Waals surface area (Å²) in [4.78, 5) is 46.2. The van der Waals surface area contributed by atoms with E-state index in [1.165, 1.54) is 25.2 Å². The molecule has 0 saturated carbocycles. The van der Waals surface area contributed by atoms with Gasteiger partial charge in [-0.05, 0) is 54.3 Å². The number of para-hydroxylation sites is 1. The number of hydrogen-bond donors (Lipinski definition) is 4. The number of nitrogens with zero attached hydrogens (tertiary/aromatic N) is 2. The molecule has 6 N–H and O–H groups in total. The number of rotatable bonds is 10. The summed E-state index contributed by atoms with van der Waals surface area (Å²) in [5.74, 6) is -4.74. The molecule has 1 aromatic heterocycles. The minimum Gasteiger partial charge on any atom is -0.368 e. The predicted octanol–water partition coefficient (Wildman–Crippen LogP) is 2.91. The van der Waals surface area contributed by atoms with Crippen LogP contribution in [0.4, 0.5) is 10.1 Å². The summed E-state index contributed by atoms with van der Waals surface area (Å²) in [5, 5.41) is 15.3. The molecule has 0 aliphatic heterocycles. The Morgan fingerprint density at radius 3 is 2.24 bits per heavy atom. The van der Waals surface area contributed by atoms with Crippen molar-refractivity contribution >= 4 is 34.3 Å². The van der Waals surface area contributed by atoms with Gasteiger partial charge in [-0.15, -0.1) is 0 Å². The maximum absolute atomic E-state index is 14.1. The number of benzene rings is 3. The Hall–Kier alpha value is -4.67. The highest BCUT2D eigenvalue weighted by atomic mass is 19.1. The van der Waals surface area contributed by atoms with E-state index in [0.717, 1.165) is 28.0 Å². The highest BCUT2D eigenvalue weighted by molar-refractivity contribution is 6.08. The Morgan fingerprint density at radius 2 is 1.61 bits per heavy atom. The van der Waals surface area contributed by atoms with Gasteiger partial charge in [0.15, 0.2) is 5.54 Å². The minimum atomic E-state index is -3.04. The van der Waals surface area contributed by atoms with Crippen LogP contribution in [0.25, 0.3) is 10.9 Å². The molecule has 4 rings (SSSR count). The number of carbonyl (C=O) groups excluding carboxylic acids is 3. The van der Waals surface area contributed by atoms with E-state index in [1.807, 2.05) is 30.3 Å². The second kappa shape index (κ2) is 11.8. The summed E-state index contributed by atoms with van der Waals surface area (Å²) in [6.45, 7) is 1.74. The predicted molar refractivity (Wildman–Crippen MR) is 154 cm³/mol. The lowest BCUT2D eigenvalue weighted by atomic mass is 9.70. The van der Waals surface area contributed by atoms with Crippen LogP contribution in [0, 0.1) is 11.7 Å². The molecule has 3 aromatic carbocycles. The van der Waals surface area contributed by atoms with Crippen LogP contribution < -0.4 is 21.7 Å². The number of nitrogens with two attached hydrogens (primary N) is 2. The molecule has 212 valence electrons. The number of pyridine rings is 1. The molecule has 3 unspecified atom stereocenters. The van der Waals surface area contributed by atoms with Gasteiger partial charge < -0.3 is 26.8 Å². The molecule has 10 heteroatoms. The second-order valence-electron chi connectivity index (χ2n) is 9.92. The molecular weight excluding hydrogens is 525 g/mol. The van der Waals surface area contributed by atoms with E-state index in [0.29, 0.717) is 5.52 Å². The van der Waals surface area contributed by atoms with Gasteiger partial charge in [0.25, 0.3) is 11.8 Å². The molecule has 3 amide bonds. The van der Waals surface area contributed by atoms with Gasteiger partial charge in [0, 0.05) is 18.1 Å². The maximum atomic E-state index is 14.1. The Kier molecular flexibility index (Phi) is 8.46. The van der Waals surface area contributed by atoms with Crippen molar-refractivity contribution < 1.29 is 23.9 Å². The molecule has 0 spiro atoms. The van der Waals surface area contributed by atoms with E-state index in [-0.39, 0.29) is 24.2 Å². The minimum absolute atomic E-state index is 0.123.